The molecule has 114 valence electrons. The highest BCUT2D eigenvalue weighted by Crippen LogP contribution is 2.43. The summed E-state index contributed by atoms with van der Waals surface area (Å²) in [5.41, 5.74) is 5.67. The van der Waals surface area contributed by atoms with Crippen molar-refractivity contribution < 1.29 is 17.9 Å². The molecule has 2 N–H and O–H groups in total. The summed E-state index contributed by atoms with van der Waals surface area (Å²) in [6.07, 6.45) is 0. The Labute approximate surface area is 126 Å². The van der Waals surface area contributed by atoms with Crippen LogP contribution in [-0.2, 0) is 15.7 Å². The van der Waals surface area contributed by atoms with Gasteiger partial charge in [0.25, 0.3) is 0 Å². The van der Waals surface area contributed by atoms with Crippen molar-refractivity contribution in [3.63, 3.8) is 0 Å². The third-order valence-corrected chi connectivity index (χ3v) is 4.53. The van der Waals surface area contributed by atoms with Gasteiger partial charge < -0.3 is 4.52 Å². The molecule has 0 saturated carbocycles. The zero-order chi connectivity index (χ0) is 15.2. The lowest BCUT2D eigenvalue weighted by Crippen LogP contribution is -2.29. The predicted molar refractivity (Wildman–Crippen MR) is 76.0 cm³/mol. The molecular formula is C11H15Cl2F2N2O2P. The second kappa shape index (κ2) is 8.27. The fraction of sp³-hybridized carbons (Fsp3) is 0.455. The Morgan fingerprint density at radius 3 is 2.35 bits per heavy atom. The third kappa shape index (κ3) is 5.28. The molecule has 20 heavy (non-hydrogen) atoms. The Hall–Kier alpha value is -0.230. The topological polar surface area (TPSA) is 55.6 Å². The van der Waals surface area contributed by atoms with Crippen molar-refractivity contribution in [2.24, 2.45) is 5.50 Å². The summed E-state index contributed by atoms with van der Waals surface area (Å²) in [5.74, 6) is -1.09. The molecule has 0 spiro atoms. The molecule has 1 atom stereocenters. The molecule has 0 fully saturated rings. The van der Waals surface area contributed by atoms with E-state index in [1.54, 1.807) is 0 Å². The summed E-state index contributed by atoms with van der Waals surface area (Å²) in [6, 6.07) is 3.01. The fourth-order valence-electron chi connectivity index (χ4n) is 1.47. The van der Waals surface area contributed by atoms with Crippen LogP contribution in [0.1, 0.15) is 5.56 Å². The van der Waals surface area contributed by atoms with Crippen LogP contribution in [0.2, 0.25) is 0 Å². The first kappa shape index (κ1) is 17.8. The molecule has 1 aromatic carbocycles. The van der Waals surface area contributed by atoms with Gasteiger partial charge in [0, 0.05) is 36.5 Å². The van der Waals surface area contributed by atoms with Gasteiger partial charge in [-0.15, -0.1) is 23.2 Å². The van der Waals surface area contributed by atoms with Crippen LogP contribution in [0, 0.1) is 11.6 Å². The molecule has 4 nitrogen and oxygen atoms in total. The molecule has 0 radical (unpaired) electrons. The second-order valence-corrected chi connectivity index (χ2v) is 6.61. The first-order chi connectivity index (χ1) is 9.40. The van der Waals surface area contributed by atoms with E-state index in [2.05, 4.69) is 0 Å². The van der Waals surface area contributed by atoms with Crippen molar-refractivity contribution in [2.45, 2.75) is 6.61 Å². The van der Waals surface area contributed by atoms with E-state index in [0.29, 0.717) is 0 Å². The average Bonchev–Trinajstić information content (AvgIpc) is 2.37. The monoisotopic (exact) mass is 346 g/mol. The minimum atomic E-state index is -3.63. The highest BCUT2D eigenvalue weighted by atomic mass is 35.5. The van der Waals surface area contributed by atoms with Gasteiger partial charge in [-0.1, -0.05) is 6.07 Å². The number of nitrogens with two attached hydrogens (primary N) is 1. The van der Waals surface area contributed by atoms with E-state index in [9.17, 15) is 13.3 Å². The van der Waals surface area contributed by atoms with E-state index < -0.39 is 19.3 Å². The van der Waals surface area contributed by atoms with Crippen molar-refractivity contribution in [1.82, 2.24) is 4.67 Å². The standard InChI is InChI=1S/C11H15Cl2F2N2O2P/c12-3-5-17(6-4-13)20(16,18)19-8-9-1-2-10(14)7-11(9)15/h1-2,7H,3-6,8H2,(H2,16,18). The molecular weight excluding hydrogens is 332 g/mol. The molecule has 0 bridgehead atoms. The molecule has 0 aliphatic carbocycles. The smallest absolute Gasteiger partial charge is 0.301 e. The summed E-state index contributed by atoms with van der Waals surface area (Å²) in [7, 11) is -3.63. The number of hydrogen-bond donors (Lipinski definition) is 1. The normalized spacial score (nSPS) is 14.5. The maximum absolute atomic E-state index is 13.4. The Morgan fingerprint density at radius 1 is 1.25 bits per heavy atom. The van der Waals surface area contributed by atoms with Crippen LogP contribution in [0.3, 0.4) is 0 Å². The molecule has 0 aliphatic heterocycles. The third-order valence-electron chi connectivity index (χ3n) is 2.50. The SMILES string of the molecule is NP(=O)(OCc1ccc(F)cc1F)N(CCCl)CCCl. The summed E-state index contributed by atoms with van der Waals surface area (Å²) >= 11 is 11.2. The fourth-order valence-corrected chi connectivity index (χ4v) is 3.36. The molecule has 1 rings (SSSR count). The molecule has 1 unspecified atom stereocenters. The Bertz CT molecular complexity index is 487. The van der Waals surface area contributed by atoms with E-state index in [1.165, 1.54) is 10.7 Å². The summed E-state index contributed by atoms with van der Waals surface area (Å²) in [5, 5.41) is 0. The second-order valence-electron chi connectivity index (χ2n) is 3.90. The van der Waals surface area contributed by atoms with Crippen molar-refractivity contribution in [1.29, 1.82) is 0 Å². The Kier molecular flexibility index (Phi) is 7.37. The first-order valence-corrected chi connectivity index (χ1v) is 8.46. The average molecular weight is 347 g/mol. The van der Waals surface area contributed by atoms with E-state index in [4.69, 9.17) is 33.2 Å². The van der Waals surface area contributed by atoms with Crippen molar-refractivity contribution in [2.75, 3.05) is 24.8 Å². The van der Waals surface area contributed by atoms with Crippen LogP contribution in [0.25, 0.3) is 0 Å². The van der Waals surface area contributed by atoms with Crippen molar-refractivity contribution >= 4 is 30.9 Å². The van der Waals surface area contributed by atoms with Gasteiger partial charge in [-0.05, 0) is 6.07 Å². The number of benzene rings is 1. The largest absolute Gasteiger partial charge is 0.341 e. The van der Waals surface area contributed by atoms with Gasteiger partial charge in [0.1, 0.15) is 11.6 Å². The van der Waals surface area contributed by atoms with Crippen LogP contribution in [0.4, 0.5) is 8.78 Å². The van der Waals surface area contributed by atoms with E-state index >= 15 is 0 Å². The number of alkyl halides is 2. The maximum atomic E-state index is 13.4. The van der Waals surface area contributed by atoms with Crippen LogP contribution < -0.4 is 5.50 Å². The minimum absolute atomic E-state index is 0.0637. The number of hydrogen-bond acceptors (Lipinski definition) is 2. The molecule has 0 aromatic heterocycles. The lowest BCUT2D eigenvalue weighted by Gasteiger charge is -2.26. The molecule has 0 aliphatic rings. The number of rotatable bonds is 8. The van der Waals surface area contributed by atoms with Crippen molar-refractivity contribution in [3.8, 4) is 0 Å². The zero-order valence-corrected chi connectivity index (χ0v) is 13.0. The summed E-state index contributed by atoms with van der Waals surface area (Å²) in [6.45, 7) is 0.128. The molecule has 9 heteroatoms. The minimum Gasteiger partial charge on any atom is -0.301 e. The summed E-state index contributed by atoms with van der Waals surface area (Å²) < 4.78 is 44.8. The first-order valence-electron chi connectivity index (χ1n) is 5.75. The van der Waals surface area contributed by atoms with E-state index in [0.717, 1.165) is 12.1 Å². The van der Waals surface area contributed by atoms with Gasteiger partial charge in [0.2, 0.25) is 0 Å². The zero-order valence-electron chi connectivity index (χ0n) is 10.6. The van der Waals surface area contributed by atoms with Gasteiger partial charge in [-0.25, -0.2) is 19.0 Å². The highest BCUT2D eigenvalue weighted by molar-refractivity contribution is 7.53. The number of halogens is 4. The van der Waals surface area contributed by atoms with Gasteiger partial charge >= 0.3 is 7.67 Å². The van der Waals surface area contributed by atoms with Crippen LogP contribution >= 0.6 is 30.9 Å². The quantitative estimate of drug-likeness (QED) is 0.579. The van der Waals surface area contributed by atoms with Crippen LogP contribution in [0.15, 0.2) is 18.2 Å². The van der Waals surface area contributed by atoms with Gasteiger partial charge in [-0.3, -0.25) is 4.57 Å². The highest BCUT2D eigenvalue weighted by Gasteiger charge is 2.26. The van der Waals surface area contributed by atoms with E-state index in [-0.39, 0.29) is 37.0 Å². The van der Waals surface area contributed by atoms with E-state index in [1.807, 2.05) is 0 Å². The van der Waals surface area contributed by atoms with Crippen LogP contribution in [-0.4, -0.2) is 29.5 Å². The molecule has 1 aromatic rings. The Balaban J connectivity index is 2.72. The number of nitrogens with zero attached hydrogens (tertiary/aromatic N) is 1. The molecule has 0 amide bonds. The molecule has 0 saturated heterocycles. The lowest BCUT2D eigenvalue weighted by atomic mass is 10.2. The molecule has 0 heterocycles. The summed E-state index contributed by atoms with van der Waals surface area (Å²) in [4.78, 5) is 0. The predicted octanol–water partition coefficient (Wildman–Crippen LogP) is 3.33. The Morgan fingerprint density at radius 2 is 1.85 bits per heavy atom. The lowest BCUT2D eigenvalue weighted by molar-refractivity contribution is 0.253. The maximum Gasteiger partial charge on any atom is 0.341 e. The van der Waals surface area contributed by atoms with Gasteiger partial charge in [-0.2, -0.15) is 0 Å². The van der Waals surface area contributed by atoms with Gasteiger partial charge in [0.15, 0.2) is 0 Å². The van der Waals surface area contributed by atoms with Crippen LogP contribution in [0.5, 0.6) is 0 Å². The van der Waals surface area contributed by atoms with Gasteiger partial charge in [0.05, 0.1) is 6.61 Å². The van der Waals surface area contributed by atoms with Crippen molar-refractivity contribution in [3.05, 3.63) is 35.4 Å².